The van der Waals surface area contributed by atoms with Crippen LogP contribution in [0.1, 0.15) is 64.8 Å². The Kier molecular flexibility index (Phi) is 24.8. The number of carboxylic acid groups (broad SMARTS) is 1. The second-order valence-corrected chi connectivity index (χ2v) is 21.3. The summed E-state index contributed by atoms with van der Waals surface area (Å²) < 4.78 is 68.0. The summed E-state index contributed by atoms with van der Waals surface area (Å²) in [6, 6.07) is 27.2. The lowest BCUT2D eigenvalue weighted by molar-refractivity contribution is -0.139. The molecule has 3 aromatic heterocycles. The van der Waals surface area contributed by atoms with Crippen LogP contribution in [0, 0.1) is 6.92 Å². The summed E-state index contributed by atoms with van der Waals surface area (Å²) in [5, 5.41) is 29.5. The summed E-state index contributed by atoms with van der Waals surface area (Å²) in [5.74, 6) is -1.96. The molecule has 28 heteroatoms. The van der Waals surface area contributed by atoms with Crippen LogP contribution in [0.2, 0.25) is 0 Å². The minimum Gasteiger partial charge on any atom is -0.481 e. The van der Waals surface area contributed by atoms with Gasteiger partial charge < -0.3 is 61.5 Å². The number of nitrogens with one attached hydrogen (secondary N) is 5. The lowest BCUT2D eigenvalue weighted by Crippen LogP contribution is -2.41. The molecular weight excluding hydrogens is 1140 g/mol. The van der Waals surface area contributed by atoms with Gasteiger partial charge in [0.25, 0.3) is 15.9 Å². The number of aliphatic imine (C=N–C) groups is 1. The van der Waals surface area contributed by atoms with Crippen molar-refractivity contribution in [1.82, 2.24) is 44.7 Å². The van der Waals surface area contributed by atoms with Crippen molar-refractivity contribution in [3.05, 3.63) is 131 Å². The van der Waals surface area contributed by atoms with Crippen LogP contribution in [-0.4, -0.2) is 144 Å². The average molecular weight is 1210 g/mol. The molecule has 0 unspecified atom stereocenters. The van der Waals surface area contributed by atoms with Gasteiger partial charge in [0.1, 0.15) is 28.6 Å². The van der Waals surface area contributed by atoms with Gasteiger partial charge in [-0.15, -0.1) is 5.10 Å². The van der Waals surface area contributed by atoms with E-state index in [2.05, 4.69) is 86.2 Å². The van der Waals surface area contributed by atoms with Crippen molar-refractivity contribution < 1.29 is 56.4 Å². The number of sulfonamides is 1. The molecule has 26 nitrogen and oxygen atoms in total. The van der Waals surface area contributed by atoms with E-state index < -0.39 is 33.8 Å². The van der Waals surface area contributed by atoms with Gasteiger partial charge in [-0.2, -0.15) is 13.7 Å². The number of hydrogen-bond acceptors (Lipinski definition) is 19. The summed E-state index contributed by atoms with van der Waals surface area (Å²) in [4.78, 5) is 59.3. The van der Waals surface area contributed by atoms with Crippen LogP contribution in [0.3, 0.4) is 0 Å². The number of amides is 3. The predicted molar refractivity (Wildman–Crippen MR) is 319 cm³/mol. The van der Waals surface area contributed by atoms with Crippen LogP contribution in [0.25, 0.3) is 22.2 Å². The summed E-state index contributed by atoms with van der Waals surface area (Å²) in [7, 11) is -2.72. The third-order valence-electron chi connectivity index (χ3n) is 12.9. The van der Waals surface area contributed by atoms with Crippen molar-refractivity contribution in [2.45, 2.75) is 76.1 Å². The van der Waals surface area contributed by atoms with Crippen LogP contribution in [0.5, 0.6) is 11.8 Å². The molecule has 7 aromatic rings. The van der Waals surface area contributed by atoms with Crippen LogP contribution >= 0.6 is 11.7 Å². The number of carbonyl (C=O) groups excluding carboxylic acids is 3. The highest BCUT2D eigenvalue weighted by Gasteiger charge is 2.24. The van der Waals surface area contributed by atoms with E-state index in [1.807, 2.05) is 42.6 Å². The molecule has 85 heavy (non-hydrogen) atoms. The van der Waals surface area contributed by atoms with Gasteiger partial charge >= 0.3 is 5.97 Å². The highest BCUT2D eigenvalue weighted by atomic mass is 32.2. The van der Waals surface area contributed by atoms with E-state index in [1.165, 1.54) is 30.3 Å². The zero-order valence-electron chi connectivity index (χ0n) is 47.2. The van der Waals surface area contributed by atoms with Gasteiger partial charge in [0.15, 0.2) is 5.96 Å². The molecule has 3 amide bonds. The van der Waals surface area contributed by atoms with Crippen LogP contribution in [0.4, 0.5) is 11.4 Å². The highest BCUT2D eigenvalue weighted by Crippen LogP contribution is 2.29. The largest absolute Gasteiger partial charge is 0.481 e. The number of guanidine groups is 1. The number of aromatic nitrogens is 6. The molecule has 0 radical (unpaired) electrons. The number of methoxy groups -OCH3 is 1. The number of carboxylic acids is 1. The minimum absolute atomic E-state index is 0.0132. The van der Waals surface area contributed by atoms with Crippen molar-refractivity contribution in [1.29, 1.82) is 0 Å². The second kappa shape index (κ2) is 33.0. The Hall–Kier alpha value is -8.67. The SMILES string of the molecule is COc1nc(OCc2cccc(-c3ccccc3)c2C)ccc1CNCCNC(=O)CCCc1cn(CCOCCOCCOCCC(=O)Nc2cc(NS(=O)(=O)c3cccc4nsnc34)cc(C(=O)N[C@@H](CCCN=C(N)N)C(=O)O)c2)nn1. The summed E-state index contributed by atoms with van der Waals surface area (Å²) in [6.07, 6.45) is 3.49. The van der Waals surface area contributed by atoms with Gasteiger partial charge in [-0.25, -0.2) is 17.9 Å². The van der Waals surface area contributed by atoms with Crippen molar-refractivity contribution in [3.63, 3.8) is 0 Å². The quantitative estimate of drug-likeness (QED) is 0.0150. The first kappa shape index (κ1) is 63.9. The maximum atomic E-state index is 13.6. The molecule has 0 saturated carbocycles. The molecule has 0 saturated heterocycles. The first-order valence-corrected chi connectivity index (χ1v) is 29.6. The second-order valence-electron chi connectivity index (χ2n) is 19.2. The van der Waals surface area contributed by atoms with Gasteiger partial charge in [0.2, 0.25) is 23.6 Å². The lowest BCUT2D eigenvalue weighted by atomic mass is 9.97. The van der Waals surface area contributed by atoms with E-state index in [-0.39, 0.29) is 84.8 Å². The molecule has 3 heterocycles. The van der Waals surface area contributed by atoms with E-state index in [4.69, 9.17) is 35.2 Å². The topological polar surface area (TPSA) is 363 Å². The Morgan fingerprint density at radius 3 is 2.35 bits per heavy atom. The fraction of sp³-hybridized carbons (Fsp3) is 0.368. The van der Waals surface area contributed by atoms with Gasteiger partial charge in [0, 0.05) is 61.7 Å². The van der Waals surface area contributed by atoms with Crippen molar-refractivity contribution in [2.75, 3.05) is 76.4 Å². The third kappa shape index (κ3) is 20.6. The van der Waals surface area contributed by atoms with Crippen LogP contribution in [0.15, 0.2) is 113 Å². The fourth-order valence-electron chi connectivity index (χ4n) is 8.55. The standard InChI is InChI=1S/C57H70N14O12S2/c1-38-41(12-6-14-46(38)39-10-4-3-5-11-39)37-83-52-20-19-40(55(65-52)79-2)35-60-23-24-61-50(72)18-7-13-43-36-71(70-66-43)25-27-81-29-31-82-30-28-80-26-21-51(73)63-44-32-42(54(74)64-48(56(75)76)16-9-22-62-57(58)59)33-45(34-44)69-85(77,78)49-17-8-15-47-53(49)68-84-67-47/h3-6,8,10-12,14-15,17,19-20,32-34,36,48,60,69H,7,9,13,16,18,21-31,35,37H2,1-2H3,(H,61,72)(H,63,73)(H,64,74)(H,75,76)(H4,58,59,62)/t48-/m0/s1. The normalized spacial score (nSPS) is 11.6. The molecule has 0 aliphatic heterocycles. The number of benzene rings is 4. The van der Waals surface area contributed by atoms with E-state index in [1.54, 1.807) is 17.9 Å². The average Bonchev–Trinajstić information content (AvgIpc) is 3.85. The first-order valence-electron chi connectivity index (χ1n) is 27.3. The molecule has 4 aromatic carbocycles. The zero-order valence-corrected chi connectivity index (χ0v) is 48.8. The number of hydrogen-bond donors (Lipinski definition) is 8. The Morgan fingerprint density at radius 1 is 0.812 bits per heavy atom. The molecule has 7 rings (SSSR count). The van der Waals surface area contributed by atoms with E-state index in [0.29, 0.717) is 89.1 Å². The Morgan fingerprint density at radius 2 is 1.58 bits per heavy atom. The molecule has 0 aliphatic carbocycles. The smallest absolute Gasteiger partial charge is 0.326 e. The monoisotopic (exact) mass is 1210 g/mol. The summed E-state index contributed by atoms with van der Waals surface area (Å²) in [6.45, 7) is 5.99. The molecule has 10 N–H and O–H groups in total. The Bertz CT molecular complexity index is 3470. The molecule has 0 spiro atoms. The van der Waals surface area contributed by atoms with Crippen molar-refractivity contribution >= 4 is 73.8 Å². The number of nitrogens with two attached hydrogens (primary N) is 2. The number of aryl methyl sites for hydroxylation is 1. The van der Waals surface area contributed by atoms with Crippen LogP contribution in [-0.2, 0) is 64.7 Å². The zero-order chi connectivity index (χ0) is 60.4. The van der Waals surface area contributed by atoms with Gasteiger partial charge in [0.05, 0.1) is 82.8 Å². The van der Waals surface area contributed by atoms with Crippen molar-refractivity contribution in [3.8, 4) is 22.9 Å². The number of ether oxygens (including phenoxy) is 5. The summed E-state index contributed by atoms with van der Waals surface area (Å²) >= 11 is 0.842. The lowest BCUT2D eigenvalue weighted by Gasteiger charge is -2.16. The maximum absolute atomic E-state index is 13.6. The summed E-state index contributed by atoms with van der Waals surface area (Å²) in [5.41, 5.74) is 17.2. The first-order chi connectivity index (χ1) is 41.1. The molecule has 0 fully saturated rings. The maximum Gasteiger partial charge on any atom is 0.326 e. The number of aliphatic carboxylic acids is 1. The molecule has 0 bridgehead atoms. The Labute approximate surface area is 495 Å². The van der Waals surface area contributed by atoms with Gasteiger partial charge in [-0.1, -0.05) is 59.8 Å². The molecule has 452 valence electrons. The Balaban J connectivity index is 0.729. The van der Waals surface area contributed by atoms with Gasteiger partial charge in [-0.05, 0) is 91.3 Å². The minimum atomic E-state index is -4.30. The van der Waals surface area contributed by atoms with Crippen molar-refractivity contribution in [2.24, 2.45) is 16.5 Å². The molecular formula is C57H70N14O12S2. The van der Waals surface area contributed by atoms with E-state index in [0.717, 1.165) is 45.2 Å². The van der Waals surface area contributed by atoms with E-state index >= 15 is 0 Å². The predicted octanol–water partition coefficient (Wildman–Crippen LogP) is 4.59. The number of anilines is 2. The number of fused-ring (bicyclic) bond motifs is 1. The number of carbonyl (C=O) groups is 4. The van der Waals surface area contributed by atoms with Crippen LogP contribution < -0.4 is 46.9 Å². The molecule has 1 atom stereocenters. The number of nitrogens with zero attached hydrogens (tertiary/aromatic N) is 7. The number of rotatable bonds is 37. The fourth-order valence-corrected chi connectivity index (χ4v) is 10.4. The third-order valence-corrected chi connectivity index (χ3v) is 14.8. The highest BCUT2D eigenvalue weighted by molar-refractivity contribution is 7.93. The molecule has 0 aliphatic rings. The number of pyridine rings is 1. The van der Waals surface area contributed by atoms with E-state index in [9.17, 15) is 32.7 Å². The van der Waals surface area contributed by atoms with Gasteiger partial charge in [-0.3, -0.25) is 24.1 Å².